The molecule has 130 valence electrons. The van der Waals surface area contributed by atoms with Crippen molar-refractivity contribution in [1.29, 1.82) is 0 Å². The first-order chi connectivity index (χ1) is 11.4. The van der Waals surface area contributed by atoms with Crippen molar-refractivity contribution >= 4 is 5.91 Å². The number of carbonyl (C=O) groups excluding carboxylic acids is 1. The second kappa shape index (κ2) is 7.96. The lowest BCUT2D eigenvalue weighted by molar-refractivity contribution is -0.142. The Morgan fingerprint density at radius 1 is 1.25 bits per heavy atom. The van der Waals surface area contributed by atoms with Gasteiger partial charge in [0, 0.05) is 24.9 Å². The zero-order valence-electron chi connectivity index (χ0n) is 12.9. The maximum Gasteiger partial charge on any atom is 0.435 e. The maximum atomic E-state index is 13.0. The summed E-state index contributed by atoms with van der Waals surface area (Å²) in [5.41, 5.74) is -0.134. The van der Waals surface area contributed by atoms with E-state index in [4.69, 9.17) is 5.11 Å². The van der Waals surface area contributed by atoms with Gasteiger partial charge < -0.3 is 10.4 Å². The Morgan fingerprint density at radius 2 is 1.96 bits per heavy atom. The molecule has 0 spiro atoms. The molecule has 0 aliphatic rings. The standard InChI is InChI=1S/C16H18F3N3O2/c17-16(18,19)15-13(7-4-8-23)10-22(21-15)11-14(24)20-9-12-5-2-1-3-6-12/h1-3,5-6,10,23H,4,7-9,11H2,(H,20,24). The van der Waals surface area contributed by atoms with E-state index in [1.165, 1.54) is 6.20 Å². The number of aliphatic hydroxyl groups is 1. The SMILES string of the molecule is O=C(Cn1cc(CCCO)c(C(F)(F)F)n1)NCc1ccccc1. The Bertz CT molecular complexity index is 669. The molecule has 0 bridgehead atoms. The van der Waals surface area contributed by atoms with Crippen LogP contribution in [0, 0.1) is 0 Å². The second-order valence-electron chi connectivity index (χ2n) is 5.29. The van der Waals surface area contributed by atoms with Crippen LogP contribution in [0.4, 0.5) is 13.2 Å². The molecule has 1 aromatic carbocycles. The minimum Gasteiger partial charge on any atom is -0.396 e. The lowest BCUT2D eigenvalue weighted by Crippen LogP contribution is -2.27. The quantitative estimate of drug-likeness (QED) is 0.811. The predicted molar refractivity (Wildman–Crippen MR) is 80.9 cm³/mol. The van der Waals surface area contributed by atoms with Crippen LogP contribution in [-0.2, 0) is 30.5 Å². The van der Waals surface area contributed by atoms with E-state index in [0.717, 1.165) is 10.2 Å². The van der Waals surface area contributed by atoms with Gasteiger partial charge in [-0.3, -0.25) is 9.48 Å². The van der Waals surface area contributed by atoms with Crippen molar-refractivity contribution in [3.63, 3.8) is 0 Å². The van der Waals surface area contributed by atoms with Crippen molar-refractivity contribution < 1.29 is 23.1 Å². The Morgan fingerprint density at radius 3 is 2.58 bits per heavy atom. The van der Waals surface area contributed by atoms with Gasteiger partial charge in [0.15, 0.2) is 5.69 Å². The number of carbonyl (C=O) groups is 1. The van der Waals surface area contributed by atoms with Crippen LogP contribution >= 0.6 is 0 Å². The van der Waals surface area contributed by atoms with Crippen molar-refractivity contribution in [1.82, 2.24) is 15.1 Å². The lowest BCUT2D eigenvalue weighted by atomic mass is 10.1. The van der Waals surface area contributed by atoms with Crippen LogP contribution < -0.4 is 5.32 Å². The molecule has 1 heterocycles. The maximum absolute atomic E-state index is 13.0. The van der Waals surface area contributed by atoms with Gasteiger partial charge in [0.2, 0.25) is 5.91 Å². The average Bonchev–Trinajstić information content (AvgIpc) is 2.95. The zero-order valence-corrected chi connectivity index (χ0v) is 12.9. The largest absolute Gasteiger partial charge is 0.435 e. The minimum atomic E-state index is -4.59. The number of aromatic nitrogens is 2. The fourth-order valence-electron chi connectivity index (χ4n) is 2.23. The van der Waals surface area contributed by atoms with Gasteiger partial charge >= 0.3 is 6.18 Å². The molecule has 1 aromatic heterocycles. The number of nitrogens with zero attached hydrogens (tertiary/aromatic N) is 2. The molecule has 0 aliphatic heterocycles. The molecule has 0 saturated carbocycles. The van der Waals surface area contributed by atoms with E-state index in [2.05, 4.69) is 10.4 Å². The summed E-state index contributed by atoms with van der Waals surface area (Å²) in [5, 5.41) is 14.9. The van der Waals surface area contributed by atoms with Crippen molar-refractivity contribution in [2.75, 3.05) is 6.61 Å². The van der Waals surface area contributed by atoms with Gasteiger partial charge in [-0.15, -0.1) is 0 Å². The van der Waals surface area contributed by atoms with Crippen molar-refractivity contribution in [3.8, 4) is 0 Å². The van der Waals surface area contributed by atoms with Gasteiger partial charge in [-0.25, -0.2) is 0 Å². The Balaban J connectivity index is 2.00. The first kappa shape index (κ1) is 18.0. The molecule has 2 aromatic rings. The highest BCUT2D eigenvalue weighted by Crippen LogP contribution is 2.31. The summed E-state index contributed by atoms with van der Waals surface area (Å²) in [4.78, 5) is 11.9. The number of hydrogen-bond donors (Lipinski definition) is 2. The highest BCUT2D eigenvalue weighted by Gasteiger charge is 2.36. The van der Waals surface area contributed by atoms with Gasteiger partial charge in [-0.2, -0.15) is 18.3 Å². The molecule has 0 atom stereocenters. The lowest BCUT2D eigenvalue weighted by Gasteiger charge is -2.06. The van der Waals surface area contributed by atoms with Crippen molar-refractivity contribution in [2.45, 2.75) is 32.1 Å². The molecule has 0 radical (unpaired) electrons. The summed E-state index contributed by atoms with van der Waals surface area (Å²) in [7, 11) is 0. The van der Waals surface area contributed by atoms with E-state index >= 15 is 0 Å². The molecule has 24 heavy (non-hydrogen) atoms. The number of nitrogens with one attached hydrogen (secondary N) is 1. The predicted octanol–water partition coefficient (Wildman–Crippen LogP) is 2.14. The fourth-order valence-corrected chi connectivity index (χ4v) is 2.23. The Hall–Kier alpha value is -2.35. The average molecular weight is 341 g/mol. The molecule has 8 heteroatoms. The molecule has 0 aliphatic carbocycles. The van der Waals surface area contributed by atoms with Crippen LogP contribution in [0.15, 0.2) is 36.5 Å². The van der Waals surface area contributed by atoms with Crippen LogP contribution in [-0.4, -0.2) is 27.4 Å². The van der Waals surface area contributed by atoms with E-state index in [0.29, 0.717) is 6.54 Å². The highest BCUT2D eigenvalue weighted by atomic mass is 19.4. The zero-order chi connectivity index (χ0) is 17.6. The van der Waals surface area contributed by atoms with Crippen LogP contribution in [0.5, 0.6) is 0 Å². The number of benzene rings is 1. The number of rotatable bonds is 7. The third kappa shape index (κ3) is 5.09. The number of hydrogen-bond acceptors (Lipinski definition) is 3. The number of alkyl halides is 3. The minimum absolute atomic E-state index is 0.0209. The van der Waals surface area contributed by atoms with Crippen molar-refractivity contribution in [3.05, 3.63) is 53.3 Å². The van der Waals surface area contributed by atoms with Crippen LogP contribution in [0.3, 0.4) is 0 Å². The summed E-state index contributed by atoms with van der Waals surface area (Å²) in [6.07, 6.45) is -3.12. The summed E-state index contributed by atoms with van der Waals surface area (Å²) in [5.74, 6) is -0.427. The van der Waals surface area contributed by atoms with Gasteiger partial charge in [0.05, 0.1) is 0 Å². The molecule has 2 N–H and O–H groups in total. The summed E-state index contributed by atoms with van der Waals surface area (Å²) in [6, 6.07) is 9.18. The van der Waals surface area contributed by atoms with Crippen LogP contribution in [0.2, 0.25) is 0 Å². The monoisotopic (exact) mass is 341 g/mol. The Kier molecular flexibility index (Phi) is 5.97. The van der Waals surface area contributed by atoms with Gasteiger partial charge in [0.25, 0.3) is 0 Å². The molecule has 5 nitrogen and oxygen atoms in total. The third-order valence-electron chi connectivity index (χ3n) is 3.35. The Labute approximate surface area is 137 Å². The number of amides is 1. The summed E-state index contributed by atoms with van der Waals surface area (Å²) >= 11 is 0. The first-order valence-electron chi connectivity index (χ1n) is 7.45. The van der Waals surface area contributed by atoms with Gasteiger partial charge in [0.1, 0.15) is 6.54 Å². The molecular formula is C16H18F3N3O2. The normalized spacial score (nSPS) is 11.5. The van der Waals surface area contributed by atoms with Crippen molar-refractivity contribution in [2.24, 2.45) is 0 Å². The van der Waals surface area contributed by atoms with Gasteiger partial charge in [-0.1, -0.05) is 30.3 Å². The molecule has 1 amide bonds. The number of aliphatic hydroxyl groups excluding tert-OH is 1. The molecule has 0 unspecified atom stereocenters. The van der Waals surface area contributed by atoms with E-state index < -0.39 is 17.8 Å². The van der Waals surface area contributed by atoms with Gasteiger partial charge in [-0.05, 0) is 18.4 Å². The fraction of sp³-hybridized carbons (Fsp3) is 0.375. The second-order valence-corrected chi connectivity index (χ2v) is 5.29. The third-order valence-corrected chi connectivity index (χ3v) is 3.35. The number of aryl methyl sites for hydroxylation is 1. The van der Waals surface area contributed by atoms with E-state index in [1.807, 2.05) is 30.3 Å². The topological polar surface area (TPSA) is 67.2 Å². The highest BCUT2D eigenvalue weighted by molar-refractivity contribution is 5.75. The van der Waals surface area contributed by atoms with E-state index in [-0.39, 0.29) is 31.6 Å². The van der Waals surface area contributed by atoms with E-state index in [1.54, 1.807) is 0 Å². The van der Waals surface area contributed by atoms with Crippen LogP contribution in [0.1, 0.15) is 23.2 Å². The summed E-state index contributed by atoms with van der Waals surface area (Å²) in [6.45, 7) is -0.209. The van der Waals surface area contributed by atoms with E-state index in [9.17, 15) is 18.0 Å². The summed E-state index contributed by atoms with van der Waals surface area (Å²) < 4.78 is 39.9. The molecule has 2 rings (SSSR count). The molecule has 0 fully saturated rings. The molecule has 0 saturated heterocycles. The van der Waals surface area contributed by atoms with Crippen LogP contribution in [0.25, 0.3) is 0 Å². The molecular weight excluding hydrogens is 323 g/mol. The first-order valence-corrected chi connectivity index (χ1v) is 7.45. The smallest absolute Gasteiger partial charge is 0.396 e. The number of halogens is 3.